The number of ketones is 1. The summed E-state index contributed by atoms with van der Waals surface area (Å²) in [5, 5.41) is 1.07. The van der Waals surface area contributed by atoms with Gasteiger partial charge >= 0.3 is 0 Å². The van der Waals surface area contributed by atoms with Crippen molar-refractivity contribution in [1.82, 2.24) is 4.98 Å². The summed E-state index contributed by atoms with van der Waals surface area (Å²) >= 11 is 0. The smallest absolute Gasteiger partial charge is 0.167 e. The number of carbonyl (C=O) groups excluding carboxylic acids is 1. The molecule has 1 heterocycles. The molecular weight excluding hydrogens is 378 g/mol. The summed E-state index contributed by atoms with van der Waals surface area (Å²) in [7, 11) is 0. The van der Waals surface area contributed by atoms with E-state index in [4.69, 9.17) is 0 Å². The summed E-state index contributed by atoms with van der Waals surface area (Å²) in [6.07, 6.45) is 2.16. The molecule has 148 valence electrons. The number of hydrogen-bond acceptors (Lipinski definition) is 2. The quantitative estimate of drug-likeness (QED) is 0.298. The van der Waals surface area contributed by atoms with Gasteiger partial charge in [-0.3, -0.25) is 9.78 Å². The molecule has 2 heteroatoms. The fraction of sp³-hybridized carbons (Fsp3) is 0.0345. The monoisotopic (exact) mass is 399 g/mol. The Morgan fingerprint density at radius 1 is 0.613 bits per heavy atom. The van der Waals surface area contributed by atoms with E-state index in [-0.39, 0.29) is 5.78 Å². The van der Waals surface area contributed by atoms with E-state index in [2.05, 4.69) is 35.3 Å². The highest BCUT2D eigenvalue weighted by molar-refractivity contribution is 6.02. The first kappa shape index (κ1) is 19.0. The van der Waals surface area contributed by atoms with Gasteiger partial charge in [0.2, 0.25) is 0 Å². The molecule has 0 aliphatic heterocycles. The van der Waals surface area contributed by atoms with Crippen LogP contribution in [0, 0.1) is 0 Å². The molecule has 0 saturated carbocycles. The number of hydrogen-bond donors (Lipinski definition) is 0. The van der Waals surface area contributed by atoms with Crippen molar-refractivity contribution in [2.75, 3.05) is 0 Å². The maximum absolute atomic E-state index is 13.2. The fourth-order valence-corrected chi connectivity index (χ4v) is 4.02. The van der Waals surface area contributed by atoms with Crippen molar-refractivity contribution in [3.05, 3.63) is 127 Å². The second kappa shape index (κ2) is 8.37. The first-order valence-electron chi connectivity index (χ1n) is 10.4. The molecule has 5 rings (SSSR count). The minimum absolute atomic E-state index is 0.0915. The van der Waals surface area contributed by atoms with Crippen molar-refractivity contribution in [3.63, 3.8) is 0 Å². The minimum Gasteiger partial charge on any atom is -0.294 e. The molecule has 5 aromatic rings. The first-order valence-corrected chi connectivity index (χ1v) is 10.4. The van der Waals surface area contributed by atoms with Gasteiger partial charge in [0.25, 0.3) is 0 Å². The largest absolute Gasteiger partial charge is 0.294 e. The van der Waals surface area contributed by atoms with Gasteiger partial charge in [0, 0.05) is 23.6 Å². The van der Waals surface area contributed by atoms with Crippen molar-refractivity contribution in [3.8, 4) is 22.3 Å². The average Bonchev–Trinajstić information content (AvgIpc) is 2.85. The molecule has 31 heavy (non-hydrogen) atoms. The highest BCUT2D eigenvalue weighted by Gasteiger charge is 2.15. The Morgan fingerprint density at radius 2 is 1.19 bits per heavy atom. The zero-order chi connectivity index (χ0) is 21.0. The molecule has 0 radical (unpaired) electrons. The number of nitrogens with zero attached hydrogens (tertiary/aromatic N) is 1. The van der Waals surface area contributed by atoms with Crippen LogP contribution >= 0.6 is 0 Å². The Kier molecular flexibility index (Phi) is 5.12. The standard InChI is InChI=1S/C29H21NO/c31-28(23-17-15-22(16-18-23)21-9-3-1-4-10-21)19-25-20-30-27-14-8-7-13-26(27)29(25)24-11-5-2-6-12-24/h1-18,20H,19H2. The Hall–Kier alpha value is -4.04. The third kappa shape index (κ3) is 3.88. The van der Waals surface area contributed by atoms with E-state index in [1.54, 1.807) is 0 Å². The van der Waals surface area contributed by atoms with Gasteiger partial charge in [0.15, 0.2) is 5.78 Å². The topological polar surface area (TPSA) is 30.0 Å². The Balaban J connectivity index is 1.50. The van der Waals surface area contributed by atoms with E-state index in [9.17, 15) is 4.79 Å². The van der Waals surface area contributed by atoms with E-state index in [0.717, 1.165) is 38.7 Å². The summed E-state index contributed by atoms with van der Waals surface area (Å²) in [5.74, 6) is 0.0915. The number of benzene rings is 4. The van der Waals surface area contributed by atoms with Crippen LogP contribution in [0.15, 0.2) is 115 Å². The SMILES string of the molecule is O=C(Cc1cnc2ccccc2c1-c1ccccc1)c1ccc(-c2ccccc2)cc1. The molecule has 0 saturated heterocycles. The molecule has 0 bridgehead atoms. The third-order valence-electron chi connectivity index (χ3n) is 5.58. The van der Waals surface area contributed by atoms with Crippen LogP contribution < -0.4 is 0 Å². The number of carbonyl (C=O) groups is 1. The van der Waals surface area contributed by atoms with Gasteiger partial charge in [-0.05, 0) is 33.9 Å². The first-order chi connectivity index (χ1) is 15.3. The molecule has 0 aliphatic carbocycles. The predicted molar refractivity (Wildman–Crippen MR) is 127 cm³/mol. The molecule has 0 unspecified atom stereocenters. The van der Waals surface area contributed by atoms with E-state index in [1.807, 2.05) is 85.1 Å². The molecule has 0 N–H and O–H groups in total. The summed E-state index contributed by atoms with van der Waals surface area (Å²) in [5.41, 5.74) is 7.03. The molecule has 0 spiro atoms. The number of aromatic nitrogens is 1. The van der Waals surface area contributed by atoms with Gasteiger partial charge in [-0.15, -0.1) is 0 Å². The Morgan fingerprint density at radius 3 is 1.90 bits per heavy atom. The summed E-state index contributed by atoms with van der Waals surface area (Å²) < 4.78 is 0. The van der Waals surface area contributed by atoms with Crippen molar-refractivity contribution in [2.45, 2.75) is 6.42 Å². The number of Topliss-reactive ketones (excluding diaryl/α,β-unsaturated/α-hetero) is 1. The van der Waals surface area contributed by atoms with E-state index in [0.29, 0.717) is 12.0 Å². The zero-order valence-corrected chi connectivity index (χ0v) is 17.0. The maximum atomic E-state index is 13.2. The number of fused-ring (bicyclic) bond motifs is 1. The second-order valence-corrected chi connectivity index (χ2v) is 7.58. The van der Waals surface area contributed by atoms with Crippen LogP contribution in [0.25, 0.3) is 33.2 Å². The van der Waals surface area contributed by atoms with Gasteiger partial charge < -0.3 is 0 Å². The van der Waals surface area contributed by atoms with Crippen LogP contribution in [0.2, 0.25) is 0 Å². The predicted octanol–water partition coefficient (Wildman–Crippen LogP) is 6.99. The van der Waals surface area contributed by atoms with Crippen LogP contribution in [0.1, 0.15) is 15.9 Å². The van der Waals surface area contributed by atoms with Gasteiger partial charge in [-0.2, -0.15) is 0 Å². The molecule has 0 atom stereocenters. The van der Waals surface area contributed by atoms with Crippen molar-refractivity contribution in [2.24, 2.45) is 0 Å². The van der Waals surface area contributed by atoms with Gasteiger partial charge in [-0.1, -0.05) is 103 Å². The average molecular weight is 399 g/mol. The van der Waals surface area contributed by atoms with Crippen LogP contribution in [0.3, 0.4) is 0 Å². The lowest BCUT2D eigenvalue weighted by Gasteiger charge is -2.13. The normalized spacial score (nSPS) is 10.8. The highest BCUT2D eigenvalue weighted by atomic mass is 16.1. The molecule has 0 amide bonds. The molecular formula is C29H21NO. The number of pyridine rings is 1. The van der Waals surface area contributed by atoms with Gasteiger partial charge in [-0.25, -0.2) is 0 Å². The van der Waals surface area contributed by atoms with Crippen LogP contribution in [-0.2, 0) is 6.42 Å². The second-order valence-electron chi connectivity index (χ2n) is 7.58. The van der Waals surface area contributed by atoms with Crippen molar-refractivity contribution in [1.29, 1.82) is 0 Å². The van der Waals surface area contributed by atoms with Crippen LogP contribution in [0.5, 0.6) is 0 Å². The fourth-order valence-electron chi connectivity index (χ4n) is 4.02. The van der Waals surface area contributed by atoms with Crippen molar-refractivity contribution < 1.29 is 4.79 Å². The Labute approximate surface area is 181 Å². The van der Waals surface area contributed by atoms with Crippen LogP contribution in [-0.4, -0.2) is 10.8 Å². The summed E-state index contributed by atoms with van der Waals surface area (Å²) in [6, 6.07) is 36.4. The number of rotatable bonds is 5. The summed E-state index contributed by atoms with van der Waals surface area (Å²) in [4.78, 5) is 17.8. The molecule has 4 aromatic carbocycles. The third-order valence-corrected chi connectivity index (χ3v) is 5.58. The molecule has 0 fully saturated rings. The molecule has 1 aromatic heterocycles. The van der Waals surface area contributed by atoms with E-state index < -0.39 is 0 Å². The van der Waals surface area contributed by atoms with E-state index in [1.165, 1.54) is 0 Å². The maximum Gasteiger partial charge on any atom is 0.167 e. The van der Waals surface area contributed by atoms with Crippen LogP contribution in [0.4, 0.5) is 0 Å². The lowest BCUT2D eigenvalue weighted by atomic mass is 9.92. The minimum atomic E-state index is 0.0915. The van der Waals surface area contributed by atoms with Crippen molar-refractivity contribution >= 4 is 16.7 Å². The lowest BCUT2D eigenvalue weighted by Crippen LogP contribution is -2.06. The molecule has 2 nitrogen and oxygen atoms in total. The molecule has 0 aliphatic rings. The van der Waals surface area contributed by atoms with Gasteiger partial charge in [0.05, 0.1) is 5.52 Å². The number of para-hydroxylation sites is 1. The Bertz CT molecular complexity index is 1340. The van der Waals surface area contributed by atoms with Gasteiger partial charge in [0.1, 0.15) is 0 Å². The van der Waals surface area contributed by atoms with E-state index >= 15 is 0 Å². The lowest BCUT2D eigenvalue weighted by molar-refractivity contribution is 0.0993. The summed E-state index contributed by atoms with van der Waals surface area (Å²) in [6.45, 7) is 0. The zero-order valence-electron chi connectivity index (χ0n) is 17.0. The highest BCUT2D eigenvalue weighted by Crippen LogP contribution is 2.32.